The van der Waals surface area contributed by atoms with Gasteiger partial charge in [0.05, 0.1) is 0 Å². The molecule has 5 nitrogen and oxygen atoms in total. The lowest BCUT2D eigenvalue weighted by molar-refractivity contribution is 0.0950. The van der Waals surface area contributed by atoms with E-state index in [0.717, 1.165) is 13.0 Å². The molecule has 2 aromatic carbocycles. The lowest BCUT2D eigenvalue weighted by atomic mass is 10.1. The molecule has 0 unspecified atom stereocenters. The van der Waals surface area contributed by atoms with Crippen molar-refractivity contribution < 1.29 is 9.59 Å². The molecule has 1 heterocycles. The molecule has 0 atom stereocenters. The highest BCUT2D eigenvalue weighted by Gasteiger charge is 2.06. The number of nitrogens with zero attached hydrogens (tertiary/aromatic N) is 1. The standard InChI is InChI=1S/C19H19N3O2/c20-18(23)15-6-8-16(9-7-15)19(24)21-11-3-12-22-13-10-14-4-1-2-5-17(14)22/h1-2,4-10,13H,3,11-12H2,(H2,20,23)(H,21,24). The number of rotatable bonds is 6. The summed E-state index contributed by atoms with van der Waals surface area (Å²) in [6.45, 7) is 1.43. The number of benzene rings is 2. The summed E-state index contributed by atoms with van der Waals surface area (Å²) in [7, 11) is 0. The maximum atomic E-state index is 12.1. The Morgan fingerprint density at radius 3 is 2.42 bits per heavy atom. The number of aromatic nitrogens is 1. The summed E-state index contributed by atoms with van der Waals surface area (Å²) in [4.78, 5) is 23.1. The molecule has 3 aromatic rings. The fraction of sp³-hybridized carbons (Fsp3) is 0.158. The van der Waals surface area contributed by atoms with Crippen LogP contribution in [0.15, 0.2) is 60.8 Å². The van der Waals surface area contributed by atoms with Gasteiger partial charge in [0.1, 0.15) is 0 Å². The van der Waals surface area contributed by atoms with E-state index in [9.17, 15) is 9.59 Å². The summed E-state index contributed by atoms with van der Waals surface area (Å²) in [5.74, 6) is -0.649. The number of primary amides is 1. The number of hydrogen-bond acceptors (Lipinski definition) is 2. The van der Waals surface area contributed by atoms with E-state index in [2.05, 4.69) is 34.3 Å². The molecule has 0 radical (unpaired) electrons. The van der Waals surface area contributed by atoms with Gasteiger partial charge in [0.25, 0.3) is 5.91 Å². The summed E-state index contributed by atoms with van der Waals surface area (Å²) >= 11 is 0. The third-order valence-corrected chi connectivity index (χ3v) is 3.97. The van der Waals surface area contributed by atoms with Crippen LogP contribution >= 0.6 is 0 Å². The van der Waals surface area contributed by atoms with Crippen molar-refractivity contribution in [2.24, 2.45) is 5.73 Å². The number of carbonyl (C=O) groups is 2. The second-order valence-corrected chi connectivity index (χ2v) is 5.62. The van der Waals surface area contributed by atoms with Crippen LogP contribution in [-0.4, -0.2) is 22.9 Å². The van der Waals surface area contributed by atoms with Crippen LogP contribution in [-0.2, 0) is 6.54 Å². The van der Waals surface area contributed by atoms with Gasteiger partial charge >= 0.3 is 0 Å². The number of amides is 2. The average molecular weight is 321 g/mol. The predicted molar refractivity (Wildman–Crippen MR) is 93.8 cm³/mol. The maximum absolute atomic E-state index is 12.1. The Hall–Kier alpha value is -3.08. The molecule has 0 aliphatic carbocycles. The Kier molecular flexibility index (Phi) is 4.61. The molecule has 3 rings (SSSR count). The summed E-state index contributed by atoms with van der Waals surface area (Å²) in [6.07, 6.45) is 2.90. The Morgan fingerprint density at radius 2 is 1.67 bits per heavy atom. The van der Waals surface area contributed by atoms with Crippen LogP contribution in [0.25, 0.3) is 10.9 Å². The Bertz CT molecular complexity index is 866. The molecule has 0 bridgehead atoms. The van der Waals surface area contributed by atoms with Gasteiger partial charge in [-0.15, -0.1) is 0 Å². The maximum Gasteiger partial charge on any atom is 0.251 e. The van der Waals surface area contributed by atoms with Crippen LogP contribution in [0.1, 0.15) is 27.1 Å². The van der Waals surface area contributed by atoms with Crippen LogP contribution in [0, 0.1) is 0 Å². The number of para-hydroxylation sites is 1. The fourth-order valence-electron chi connectivity index (χ4n) is 2.67. The summed E-state index contributed by atoms with van der Waals surface area (Å²) in [5, 5.41) is 4.11. The molecule has 1 aromatic heterocycles. The van der Waals surface area contributed by atoms with Crippen molar-refractivity contribution in [1.82, 2.24) is 9.88 Å². The topological polar surface area (TPSA) is 77.1 Å². The smallest absolute Gasteiger partial charge is 0.251 e. The number of aryl methyl sites for hydroxylation is 1. The van der Waals surface area contributed by atoms with Gasteiger partial charge in [0, 0.05) is 35.9 Å². The van der Waals surface area contributed by atoms with Gasteiger partial charge in [-0.1, -0.05) is 18.2 Å². The first-order chi connectivity index (χ1) is 11.6. The molecule has 5 heteroatoms. The van der Waals surface area contributed by atoms with Gasteiger partial charge < -0.3 is 15.6 Å². The highest BCUT2D eigenvalue weighted by atomic mass is 16.2. The van der Waals surface area contributed by atoms with Crippen molar-refractivity contribution in [1.29, 1.82) is 0 Å². The largest absolute Gasteiger partial charge is 0.366 e. The molecule has 0 saturated carbocycles. The summed E-state index contributed by atoms with van der Waals surface area (Å²) in [6, 6.07) is 16.6. The number of carbonyl (C=O) groups excluding carboxylic acids is 2. The van der Waals surface area contributed by atoms with Crippen molar-refractivity contribution in [2.75, 3.05) is 6.54 Å². The van der Waals surface area contributed by atoms with Crippen LogP contribution in [0.5, 0.6) is 0 Å². The molecule has 24 heavy (non-hydrogen) atoms. The lowest BCUT2D eigenvalue weighted by Gasteiger charge is -2.08. The van der Waals surface area contributed by atoms with Crippen LogP contribution in [0.2, 0.25) is 0 Å². The number of fused-ring (bicyclic) bond motifs is 1. The van der Waals surface area contributed by atoms with Gasteiger partial charge in [-0.3, -0.25) is 9.59 Å². The molecule has 0 aliphatic heterocycles. The molecule has 0 fully saturated rings. The van der Waals surface area contributed by atoms with Gasteiger partial charge in [0.2, 0.25) is 5.91 Å². The second kappa shape index (κ2) is 7.00. The Labute approximate surface area is 140 Å². The van der Waals surface area contributed by atoms with E-state index >= 15 is 0 Å². The SMILES string of the molecule is NC(=O)c1ccc(C(=O)NCCCn2ccc3ccccc32)cc1. The zero-order valence-electron chi connectivity index (χ0n) is 13.2. The molecule has 2 amide bonds. The first kappa shape index (κ1) is 15.8. The lowest BCUT2D eigenvalue weighted by Crippen LogP contribution is -2.25. The third-order valence-electron chi connectivity index (χ3n) is 3.97. The summed E-state index contributed by atoms with van der Waals surface area (Å²) < 4.78 is 2.18. The number of hydrogen-bond donors (Lipinski definition) is 2. The average Bonchev–Trinajstić information content (AvgIpc) is 3.02. The van der Waals surface area contributed by atoms with E-state index in [1.54, 1.807) is 24.3 Å². The zero-order valence-corrected chi connectivity index (χ0v) is 13.2. The molecule has 0 aliphatic rings. The quantitative estimate of drug-likeness (QED) is 0.685. The highest BCUT2D eigenvalue weighted by Crippen LogP contribution is 2.15. The Balaban J connectivity index is 1.51. The molecule has 3 N–H and O–H groups in total. The highest BCUT2D eigenvalue weighted by molar-refractivity contribution is 5.97. The minimum absolute atomic E-state index is 0.150. The van der Waals surface area contributed by atoms with E-state index in [1.165, 1.54) is 10.9 Å². The first-order valence-corrected chi connectivity index (χ1v) is 7.87. The zero-order chi connectivity index (χ0) is 16.9. The van der Waals surface area contributed by atoms with Crippen LogP contribution < -0.4 is 11.1 Å². The van der Waals surface area contributed by atoms with E-state index in [4.69, 9.17) is 5.73 Å². The molecule has 0 saturated heterocycles. The first-order valence-electron chi connectivity index (χ1n) is 7.87. The van der Waals surface area contributed by atoms with Crippen LogP contribution in [0.3, 0.4) is 0 Å². The van der Waals surface area contributed by atoms with Gasteiger partial charge in [-0.05, 0) is 48.2 Å². The molecular formula is C19H19N3O2. The molecule has 122 valence electrons. The normalized spacial score (nSPS) is 10.7. The van der Waals surface area contributed by atoms with Gasteiger partial charge in [-0.25, -0.2) is 0 Å². The van der Waals surface area contributed by atoms with E-state index in [1.807, 2.05) is 12.1 Å². The monoisotopic (exact) mass is 321 g/mol. The van der Waals surface area contributed by atoms with Crippen molar-refractivity contribution in [3.63, 3.8) is 0 Å². The fourth-order valence-corrected chi connectivity index (χ4v) is 2.67. The number of nitrogens with one attached hydrogen (secondary N) is 1. The van der Waals surface area contributed by atoms with Gasteiger partial charge in [0.15, 0.2) is 0 Å². The molecule has 0 spiro atoms. The van der Waals surface area contributed by atoms with Crippen LogP contribution in [0.4, 0.5) is 0 Å². The minimum atomic E-state index is -0.499. The Morgan fingerprint density at radius 1 is 0.958 bits per heavy atom. The molecular weight excluding hydrogens is 302 g/mol. The van der Waals surface area contributed by atoms with Gasteiger partial charge in [-0.2, -0.15) is 0 Å². The van der Waals surface area contributed by atoms with E-state index in [0.29, 0.717) is 17.7 Å². The second-order valence-electron chi connectivity index (χ2n) is 5.62. The number of nitrogens with two attached hydrogens (primary N) is 1. The predicted octanol–water partition coefficient (Wildman–Crippen LogP) is 2.56. The van der Waals surface area contributed by atoms with E-state index < -0.39 is 5.91 Å². The van der Waals surface area contributed by atoms with Crippen molar-refractivity contribution in [3.8, 4) is 0 Å². The van der Waals surface area contributed by atoms with Crippen molar-refractivity contribution in [2.45, 2.75) is 13.0 Å². The van der Waals surface area contributed by atoms with E-state index in [-0.39, 0.29) is 5.91 Å². The third kappa shape index (κ3) is 3.46. The minimum Gasteiger partial charge on any atom is -0.366 e. The van der Waals surface area contributed by atoms with Crippen molar-refractivity contribution in [3.05, 3.63) is 71.9 Å². The van der Waals surface area contributed by atoms with Crippen molar-refractivity contribution >= 4 is 22.7 Å². The summed E-state index contributed by atoms with van der Waals surface area (Å²) in [5.41, 5.74) is 7.30.